The average molecular weight is 289 g/mol. The first-order chi connectivity index (χ1) is 10.0. The molecule has 0 bridgehead atoms. The third-order valence-electron chi connectivity index (χ3n) is 3.17. The summed E-state index contributed by atoms with van der Waals surface area (Å²) in [7, 11) is 1.88. The van der Waals surface area contributed by atoms with E-state index in [1.165, 1.54) is 12.1 Å². The summed E-state index contributed by atoms with van der Waals surface area (Å²) in [6.07, 6.45) is 5.18. The van der Waals surface area contributed by atoms with Crippen LogP contribution in [0.4, 0.5) is 0 Å². The number of nitrogens with one attached hydrogen (secondary N) is 1. The van der Waals surface area contributed by atoms with E-state index < -0.39 is 5.91 Å². The average Bonchev–Trinajstić information content (AvgIpc) is 2.83. The van der Waals surface area contributed by atoms with Crippen LogP contribution in [-0.2, 0) is 7.05 Å². The van der Waals surface area contributed by atoms with Gasteiger partial charge < -0.3 is 14.3 Å². The van der Waals surface area contributed by atoms with Crippen LogP contribution in [0.25, 0.3) is 0 Å². The molecule has 2 rings (SSSR count). The Morgan fingerprint density at radius 2 is 2.24 bits per heavy atom. The molecule has 0 aliphatic heterocycles. The highest BCUT2D eigenvalue weighted by atomic mass is 16.3. The molecular weight excluding hydrogens is 270 g/mol. The highest BCUT2D eigenvalue weighted by molar-refractivity contribution is 5.91. The predicted octanol–water partition coefficient (Wildman–Crippen LogP) is 1.95. The standard InChI is InChI=1S/C15H19N3O3/c1-4-5-12(14-16-6-7-18(14)3)17-15(20)13-9-11(19)8-10(2)21-13/h6-9,12H,4-5H2,1-3H3,(H,17,20). The molecule has 0 aliphatic rings. The van der Waals surface area contributed by atoms with Gasteiger partial charge in [-0.3, -0.25) is 9.59 Å². The summed E-state index contributed by atoms with van der Waals surface area (Å²) in [4.78, 5) is 28.0. The van der Waals surface area contributed by atoms with Crippen molar-refractivity contribution in [3.05, 3.63) is 52.1 Å². The van der Waals surface area contributed by atoms with Crippen molar-refractivity contribution >= 4 is 5.91 Å². The Balaban J connectivity index is 2.22. The van der Waals surface area contributed by atoms with Gasteiger partial charge in [0.05, 0.1) is 6.04 Å². The van der Waals surface area contributed by atoms with Gasteiger partial charge in [0.1, 0.15) is 11.6 Å². The number of rotatable bonds is 5. The van der Waals surface area contributed by atoms with Gasteiger partial charge in [-0.2, -0.15) is 0 Å². The third kappa shape index (κ3) is 3.59. The van der Waals surface area contributed by atoms with Gasteiger partial charge in [0.15, 0.2) is 11.2 Å². The van der Waals surface area contributed by atoms with E-state index in [0.29, 0.717) is 5.76 Å². The highest BCUT2D eigenvalue weighted by Crippen LogP contribution is 2.17. The van der Waals surface area contributed by atoms with Crippen LogP contribution in [0.15, 0.2) is 33.7 Å². The van der Waals surface area contributed by atoms with Crippen molar-refractivity contribution in [1.82, 2.24) is 14.9 Å². The number of carbonyl (C=O) groups is 1. The van der Waals surface area contributed by atoms with E-state index in [0.717, 1.165) is 18.7 Å². The van der Waals surface area contributed by atoms with E-state index in [9.17, 15) is 9.59 Å². The fourth-order valence-electron chi connectivity index (χ4n) is 2.21. The van der Waals surface area contributed by atoms with Gasteiger partial charge in [-0.15, -0.1) is 0 Å². The van der Waals surface area contributed by atoms with Gasteiger partial charge in [0.2, 0.25) is 0 Å². The Kier molecular flexibility index (Phi) is 4.57. The summed E-state index contributed by atoms with van der Waals surface area (Å²) in [5, 5.41) is 2.88. The Hall–Kier alpha value is -2.37. The van der Waals surface area contributed by atoms with E-state index in [2.05, 4.69) is 10.3 Å². The lowest BCUT2D eigenvalue weighted by Crippen LogP contribution is -2.30. The van der Waals surface area contributed by atoms with Gasteiger partial charge in [0.25, 0.3) is 5.91 Å². The molecule has 1 N–H and O–H groups in total. The fraction of sp³-hybridized carbons (Fsp3) is 0.400. The van der Waals surface area contributed by atoms with Crippen LogP contribution >= 0.6 is 0 Å². The number of imidazole rings is 1. The summed E-state index contributed by atoms with van der Waals surface area (Å²) in [6.45, 7) is 3.68. The van der Waals surface area contributed by atoms with E-state index >= 15 is 0 Å². The molecule has 2 heterocycles. The molecule has 21 heavy (non-hydrogen) atoms. The number of aryl methyl sites for hydroxylation is 2. The highest BCUT2D eigenvalue weighted by Gasteiger charge is 2.20. The molecule has 0 saturated carbocycles. The minimum Gasteiger partial charge on any atom is -0.456 e. The van der Waals surface area contributed by atoms with E-state index in [1.807, 2.05) is 24.7 Å². The lowest BCUT2D eigenvalue weighted by Gasteiger charge is -2.17. The molecule has 1 atom stereocenters. The number of nitrogens with zero attached hydrogens (tertiary/aromatic N) is 2. The topological polar surface area (TPSA) is 77.1 Å². The van der Waals surface area contributed by atoms with E-state index in [-0.39, 0.29) is 17.2 Å². The lowest BCUT2D eigenvalue weighted by molar-refractivity contribution is 0.0899. The number of hydrogen-bond donors (Lipinski definition) is 1. The Bertz CT molecular complexity index is 687. The van der Waals surface area contributed by atoms with Gasteiger partial charge in [-0.25, -0.2) is 4.98 Å². The zero-order valence-corrected chi connectivity index (χ0v) is 12.4. The summed E-state index contributed by atoms with van der Waals surface area (Å²) in [6, 6.07) is 2.33. The molecule has 1 unspecified atom stereocenters. The Morgan fingerprint density at radius 1 is 1.48 bits per heavy atom. The van der Waals surface area contributed by atoms with E-state index in [1.54, 1.807) is 13.1 Å². The van der Waals surface area contributed by atoms with Crippen molar-refractivity contribution in [3.8, 4) is 0 Å². The number of hydrogen-bond acceptors (Lipinski definition) is 4. The molecule has 0 saturated heterocycles. The summed E-state index contributed by atoms with van der Waals surface area (Å²) in [5.41, 5.74) is -0.243. The minimum atomic E-state index is -0.405. The largest absolute Gasteiger partial charge is 0.456 e. The van der Waals surface area contributed by atoms with Crippen LogP contribution in [-0.4, -0.2) is 15.5 Å². The minimum absolute atomic E-state index is 0.0234. The van der Waals surface area contributed by atoms with Gasteiger partial charge >= 0.3 is 0 Å². The second-order valence-corrected chi connectivity index (χ2v) is 4.98. The molecule has 0 spiro atoms. The van der Waals surface area contributed by atoms with Crippen LogP contribution in [0, 0.1) is 6.92 Å². The molecule has 2 aromatic rings. The van der Waals surface area contributed by atoms with Crippen LogP contribution < -0.4 is 10.7 Å². The normalized spacial score (nSPS) is 12.1. The van der Waals surface area contributed by atoms with Crippen molar-refractivity contribution in [2.75, 3.05) is 0 Å². The molecule has 6 nitrogen and oxygen atoms in total. The molecule has 0 radical (unpaired) electrons. The zero-order chi connectivity index (χ0) is 15.4. The van der Waals surface area contributed by atoms with Crippen LogP contribution in [0.2, 0.25) is 0 Å². The van der Waals surface area contributed by atoms with Crippen molar-refractivity contribution in [3.63, 3.8) is 0 Å². The molecule has 2 aromatic heterocycles. The number of amides is 1. The summed E-state index contributed by atoms with van der Waals surface area (Å²) in [5.74, 6) is 0.810. The summed E-state index contributed by atoms with van der Waals surface area (Å²) >= 11 is 0. The van der Waals surface area contributed by atoms with Crippen molar-refractivity contribution in [2.24, 2.45) is 7.05 Å². The fourth-order valence-corrected chi connectivity index (χ4v) is 2.21. The first kappa shape index (κ1) is 15.0. The van der Waals surface area contributed by atoms with Crippen LogP contribution in [0.1, 0.15) is 47.9 Å². The molecule has 0 fully saturated rings. The van der Waals surface area contributed by atoms with Crippen molar-refractivity contribution in [2.45, 2.75) is 32.7 Å². The predicted molar refractivity (Wildman–Crippen MR) is 78.0 cm³/mol. The molecule has 6 heteroatoms. The van der Waals surface area contributed by atoms with Crippen LogP contribution in [0.3, 0.4) is 0 Å². The molecule has 112 valence electrons. The first-order valence-corrected chi connectivity index (χ1v) is 6.91. The number of carbonyl (C=O) groups excluding carboxylic acids is 1. The molecule has 1 amide bonds. The lowest BCUT2D eigenvalue weighted by atomic mass is 10.1. The monoisotopic (exact) mass is 289 g/mol. The van der Waals surface area contributed by atoms with Gasteiger partial charge in [-0.05, 0) is 13.3 Å². The van der Waals surface area contributed by atoms with Gasteiger partial charge in [0, 0.05) is 31.6 Å². The maximum atomic E-state index is 12.3. The third-order valence-corrected chi connectivity index (χ3v) is 3.17. The molecule has 0 aliphatic carbocycles. The molecule has 0 aromatic carbocycles. The van der Waals surface area contributed by atoms with Crippen molar-refractivity contribution < 1.29 is 9.21 Å². The Morgan fingerprint density at radius 3 is 2.81 bits per heavy atom. The van der Waals surface area contributed by atoms with Crippen molar-refractivity contribution in [1.29, 1.82) is 0 Å². The quantitative estimate of drug-likeness (QED) is 0.912. The SMILES string of the molecule is CCCC(NC(=O)c1cc(=O)cc(C)o1)c1nccn1C. The van der Waals surface area contributed by atoms with Gasteiger partial charge in [-0.1, -0.05) is 13.3 Å². The zero-order valence-electron chi connectivity index (χ0n) is 12.4. The summed E-state index contributed by atoms with van der Waals surface area (Å²) < 4.78 is 7.18. The first-order valence-electron chi connectivity index (χ1n) is 6.91. The smallest absolute Gasteiger partial charge is 0.287 e. The maximum absolute atomic E-state index is 12.3. The second-order valence-electron chi connectivity index (χ2n) is 4.98. The number of aromatic nitrogens is 2. The Labute approximate surface area is 122 Å². The van der Waals surface area contributed by atoms with Crippen LogP contribution in [0.5, 0.6) is 0 Å². The van der Waals surface area contributed by atoms with E-state index in [4.69, 9.17) is 4.42 Å². The second kappa shape index (κ2) is 6.39. The maximum Gasteiger partial charge on any atom is 0.287 e. The molecular formula is C15H19N3O3.